The van der Waals surface area contributed by atoms with Crippen LogP contribution in [-0.4, -0.2) is 38.7 Å². The molecule has 12 heteroatoms. The molecule has 2 N–H and O–H groups in total. The number of pyridine rings is 2. The number of likely N-dealkylation sites (N-methyl/N-ethyl adjacent to an activating group) is 1. The van der Waals surface area contributed by atoms with E-state index in [2.05, 4.69) is 25.7 Å². The van der Waals surface area contributed by atoms with E-state index in [-0.39, 0.29) is 32.0 Å². The summed E-state index contributed by atoms with van der Waals surface area (Å²) in [5, 5.41) is 10.4. The van der Waals surface area contributed by atoms with E-state index in [1.165, 1.54) is 6.07 Å². The second-order valence-electron chi connectivity index (χ2n) is 7.71. The number of anilines is 3. The lowest BCUT2D eigenvalue weighted by Crippen LogP contribution is -2.44. The van der Waals surface area contributed by atoms with Gasteiger partial charge in [-0.1, -0.05) is 0 Å². The third kappa shape index (κ3) is 5.21. The maximum Gasteiger partial charge on any atom is 0.433 e. The van der Waals surface area contributed by atoms with E-state index in [9.17, 15) is 18.0 Å². The van der Waals surface area contributed by atoms with Gasteiger partial charge in [0.25, 0.3) is 0 Å². The van der Waals surface area contributed by atoms with Gasteiger partial charge in [0.15, 0.2) is 0 Å². The Hall–Kier alpha value is -3.28. The molecule has 3 aromatic rings. The molecule has 176 valence electrons. The molecule has 0 saturated heterocycles. The van der Waals surface area contributed by atoms with Crippen LogP contribution in [0.15, 0.2) is 36.8 Å². The second-order valence-corrected chi connectivity index (χ2v) is 7.71. The minimum absolute atomic E-state index is 0. The largest absolute Gasteiger partial charge is 0.433 e. The quantitative estimate of drug-likeness (QED) is 0.582. The molecule has 0 radical (unpaired) electrons. The molecule has 33 heavy (non-hydrogen) atoms. The highest BCUT2D eigenvalue weighted by atomic mass is 32.1. The average molecular weight is 480 g/mol. The second kappa shape index (κ2) is 9.30. The fourth-order valence-corrected chi connectivity index (χ4v) is 3.48. The van der Waals surface area contributed by atoms with Crippen molar-refractivity contribution in [1.29, 1.82) is 0 Å². The summed E-state index contributed by atoms with van der Waals surface area (Å²) < 4.78 is 40.1. The number of carbonyl (C=O) groups is 1. The molecular formula is C21H24F3N7OS. The third-order valence-corrected chi connectivity index (χ3v) is 5.39. The van der Waals surface area contributed by atoms with Gasteiger partial charge in [-0.15, -0.1) is 0 Å². The van der Waals surface area contributed by atoms with Gasteiger partial charge in [-0.05, 0) is 31.5 Å². The Morgan fingerprint density at radius 1 is 1.24 bits per heavy atom. The molecule has 1 aliphatic rings. The number of carbonyl (C=O) groups excluding carboxylic acids is 1. The van der Waals surface area contributed by atoms with Crippen LogP contribution in [0.3, 0.4) is 0 Å². The molecule has 0 unspecified atom stereocenters. The zero-order valence-corrected chi connectivity index (χ0v) is 19.2. The maximum atomic E-state index is 12.8. The molecule has 8 nitrogen and oxygen atoms in total. The van der Waals surface area contributed by atoms with Gasteiger partial charge in [-0.3, -0.25) is 14.5 Å². The Labute approximate surface area is 195 Å². The number of aryl methyl sites for hydroxylation is 1. The standard InChI is InChI=1S/C21H22F3N7O.H2S/c1-12-19-16(30(3)13(2)20(32)29-19)7-18(28-12)26-8-15-9-27-31(11-15)10-14-4-5-25-17(6-14)21(22,23)24;/h4-7,9,11,13H,8,10H2,1-3H3,(H,26,28)(H,29,32);1H2/t13-;/m0./s1. The molecule has 1 amide bonds. The van der Waals surface area contributed by atoms with Crippen molar-refractivity contribution in [3.8, 4) is 0 Å². The van der Waals surface area contributed by atoms with Crippen molar-refractivity contribution in [2.75, 3.05) is 22.6 Å². The molecule has 1 aliphatic heterocycles. The topological polar surface area (TPSA) is 88.0 Å². The molecule has 0 aromatic carbocycles. The summed E-state index contributed by atoms with van der Waals surface area (Å²) in [7, 11) is 1.86. The van der Waals surface area contributed by atoms with Crippen LogP contribution in [0.25, 0.3) is 0 Å². The number of fused-ring (bicyclic) bond motifs is 1. The summed E-state index contributed by atoms with van der Waals surface area (Å²) in [6, 6.07) is 4.14. The van der Waals surface area contributed by atoms with E-state index < -0.39 is 11.9 Å². The van der Waals surface area contributed by atoms with Crippen LogP contribution in [0.5, 0.6) is 0 Å². The summed E-state index contributed by atoms with van der Waals surface area (Å²) >= 11 is 0. The molecule has 1 atom stereocenters. The number of amides is 1. The summed E-state index contributed by atoms with van der Waals surface area (Å²) in [6.07, 6.45) is 0.0807. The van der Waals surface area contributed by atoms with Gasteiger partial charge in [0.05, 0.1) is 29.8 Å². The number of nitrogens with zero attached hydrogens (tertiary/aromatic N) is 5. The van der Waals surface area contributed by atoms with Gasteiger partial charge in [-0.25, -0.2) is 4.98 Å². The molecule has 0 fully saturated rings. The first-order chi connectivity index (χ1) is 15.1. The molecule has 0 aliphatic carbocycles. The van der Waals surface area contributed by atoms with E-state index in [0.29, 0.717) is 29.3 Å². The molecule has 0 bridgehead atoms. The van der Waals surface area contributed by atoms with Gasteiger partial charge < -0.3 is 15.5 Å². The van der Waals surface area contributed by atoms with Crippen molar-refractivity contribution in [3.05, 3.63) is 59.3 Å². The first-order valence-electron chi connectivity index (χ1n) is 9.94. The van der Waals surface area contributed by atoms with Crippen molar-refractivity contribution in [3.63, 3.8) is 0 Å². The van der Waals surface area contributed by atoms with Crippen molar-refractivity contribution >= 4 is 36.6 Å². The number of aromatic nitrogens is 4. The van der Waals surface area contributed by atoms with Crippen LogP contribution >= 0.6 is 13.5 Å². The average Bonchev–Trinajstić information content (AvgIpc) is 3.18. The zero-order chi connectivity index (χ0) is 23.0. The normalized spacial score (nSPS) is 15.5. The SMILES string of the molecule is Cc1nc(NCc2cnn(Cc3ccnc(C(F)(F)F)c3)c2)cc2c1NC(=O)[C@H](C)N2C.S. The lowest BCUT2D eigenvalue weighted by molar-refractivity contribution is -0.141. The number of nitrogens with one attached hydrogen (secondary N) is 2. The van der Waals surface area contributed by atoms with E-state index >= 15 is 0 Å². The number of hydrogen-bond donors (Lipinski definition) is 2. The van der Waals surface area contributed by atoms with Crippen LogP contribution in [-0.2, 0) is 24.1 Å². The summed E-state index contributed by atoms with van der Waals surface area (Å²) in [5.74, 6) is 0.572. The number of halogens is 3. The Morgan fingerprint density at radius 3 is 2.73 bits per heavy atom. The molecule has 4 heterocycles. The summed E-state index contributed by atoms with van der Waals surface area (Å²) in [6.45, 7) is 4.29. The number of hydrogen-bond acceptors (Lipinski definition) is 6. The van der Waals surface area contributed by atoms with E-state index in [1.54, 1.807) is 17.1 Å². The fraction of sp³-hybridized carbons (Fsp3) is 0.333. The van der Waals surface area contributed by atoms with Crippen molar-refractivity contribution in [2.24, 2.45) is 0 Å². The molecule has 0 spiro atoms. The van der Waals surface area contributed by atoms with Gasteiger partial charge in [0.1, 0.15) is 17.6 Å². The Morgan fingerprint density at radius 2 is 2.00 bits per heavy atom. The van der Waals surface area contributed by atoms with Gasteiger partial charge >= 0.3 is 6.18 Å². The minimum Gasteiger partial charge on any atom is -0.366 e. The van der Waals surface area contributed by atoms with E-state index in [4.69, 9.17) is 0 Å². The predicted molar refractivity (Wildman–Crippen MR) is 124 cm³/mol. The lowest BCUT2D eigenvalue weighted by Gasteiger charge is -2.34. The highest BCUT2D eigenvalue weighted by molar-refractivity contribution is 7.59. The first kappa shape index (κ1) is 24.4. The fourth-order valence-electron chi connectivity index (χ4n) is 3.48. The Balaban J connectivity index is 0.00000306. The highest BCUT2D eigenvalue weighted by Crippen LogP contribution is 2.35. The minimum atomic E-state index is -4.48. The van der Waals surface area contributed by atoms with Crippen LogP contribution in [0.4, 0.5) is 30.4 Å². The molecular weight excluding hydrogens is 455 g/mol. The summed E-state index contributed by atoms with van der Waals surface area (Å²) in [4.78, 5) is 21.8. The van der Waals surface area contributed by atoms with Crippen LogP contribution < -0.4 is 15.5 Å². The van der Waals surface area contributed by atoms with Gasteiger partial charge in [0, 0.05) is 37.6 Å². The van der Waals surface area contributed by atoms with Crippen LogP contribution in [0, 0.1) is 6.92 Å². The number of alkyl halides is 3. The molecule has 0 saturated carbocycles. The maximum absolute atomic E-state index is 12.8. The third-order valence-electron chi connectivity index (χ3n) is 5.39. The highest BCUT2D eigenvalue weighted by Gasteiger charge is 2.32. The van der Waals surface area contributed by atoms with Gasteiger partial charge in [-0.2, -0.15) is 31.8 Å². The Kier molecular flexibility index (Phi) is 6.86. The monoisotopic (exact) mass is 479 g/mol. The first-order valence-corrected chi connectivity index (χ1v) is 9.94. The number of rotatable bonds is 5. The zero-order valence-electron chi connectivity index (χ0n) is 18.2. The van der Waals surface area contributed by atoms with E-state index in [1.807, 2.05) is 31.9 Å². The molecule has 4 rings (SSSR count). The smallest absolute Gasteiger partial charge is 0.366 e. The van der Waals surface area contributed by atoms with E-state index in [0.717, 1.165) is 23.5 Å². The Bertz CT molecular complexity index is 1170. The van der Waals surface area contributed by atoms with Crippen LogP contribution in [0.1, 0.15) is 29.4 Å². The summed E-state index contributed by atoms with van der Waals surface area (Å²) in [5.41, 5.74) is 2.66. The molecule has 3 aromatic heterocycles. The lowest BCUT2D eigenvalue weighted by atomic mass is 10.1. The van der Waals surface area contributed by atoms with Crippen LogP contribution in [0.2, 0.25) is 0 Å². The van der Waals surface area contributed by atoms with Gasteiger partial charge in [0.2, 0.25) is 5.91 Å². The van der Waals surface area contributed by atoms with Crippen molar-refractivity contribution in [2.45, 2.75) is 39.2 Å². The van der Waals surface area contributed by atoms with Crippen molar-refractivity contribution in [1.82, 2.24) is 19.7 Å². The van der Waals surface area contributed by atoms with Crippen molar-refractivity contribution < 1.29 is 18.0 Å². The predicted octanol–water partition coefficient (Wildman–Crippen LogP) is 3.55.